The smallest absolute Gasteiger partial charge is 0.337 e. The average Bonchev–Trinajstić information content (AvgIpc) is 2.95. The monoisotopic (exact) mass is 609 g/mol. The zero-order valence-corrected chi connectivity index (χ0v) is 24.8. The molecule has 7 nitrogen and oxygen atoms in total. The van der Waals surface area contributed by atoms with Gasteiger partial charge in [0.25, 0.3) is 0 Å². The molecule has 2 aromatic carbocycles. The lowest BCUT2D eigenvalue weighted by Crippen LogP contribution is -2.37. The number of allylic oxidation sites excluding steroid dienone is 3. The van der Waals surface area contributed by atoms with Crippen LogP contribution in [0.15, 0.2) is 63.4 Å². The highest BCUT2D eigenvalue weighted by Crippen LogP contribution is 2.48. The number of rotatable bonds is 7. The van der Waals surface area contributed by atoms with Crippen LogP contribution in [0.5, 0.6) is 17.2 Å². The van der Waals surface area contributed by atoms with Crippen LogP contribution in [-0.4, -0.2) is 36.7 Å². The van der Waals surface area contributed by atoms with Gasteiger partial charge in [0.15, 0.2) is 17.3 Å². The zero-order valence-electron chi connectivity index (χ0n) is 23.2. The number of hydrogen-bond donors (Lipinski definition) is 2. The molecule has 1 heterocycles. The molecule has 0 aromatic heterocycles. The summed E-state index contributed by atoms with van der Waals surface area (Å²) in [6.07, 6.45) is 5.78. The molecule has 0 spiro atoms. The normalized spacial score (nSPS) is 21.6. The van der Waals surface area contributed by atoms with Crippen molar-refractivity contribution in [3.05, 3.63) is 74.5 Å². The van der Waals surface area contributed by atoms with Gasteiger partial charge in [-0.05, 0) is 103 Å². The van der Waals surface area contributed by atoms with Gasteiger partial charge in [-0.2, -0.15) is 0 Å². The Balaban J connectivity index is 1.57. The van der Waals surface area contributed by atoms with Gasteiger partial charge in [0, 0.05) is 29.3 Å². The highest BCUT2D eigenvalue weighted by atomic mass is 79.9. The third kappa shape index (κ3) is 5.64. The van der Waals surface area contributed by atoms with E-state index in [0.717, 1.165) is 49.1 Å². The molecule has 2 N–H and O–H groups in total. The molecule has 1 fully saturated rings. The van der Waals surface area contributed by atoms with E-state index >= 15 is 0 Å². The first-order valence-corrected chi connectivity index (χ1v) is 14.8. The van der Waals surface area contributed by atoms with Crippen molar-refractivity contribution >= 4 is 27.7 Å². The Labute approximate surface area is 243 Å². The minimum absolute atomic E-state index is 0.000568. The van der Waals surface area contributed by atoms with Crippen molar-refractivity contribution in [2.75, 3.05) is 13.7 Å². The van der Waals surface area contributed by atoms with Crippen molar-refractivity contribution < 1.29 is 28.9 Å². The molecule has 3 aliphatic rings. The van der Waals surface area contributed by atoms with Crippen LogP contribution in [-0.2, 0) is 14.3 Å². The Morgan fingerprint density at radius 1 is 1.07 bits per heavy atom. The van der Waals surface area contributed by atoms with Gasteiger partial charge in [-0.25, -0.2) is 4.79 Å². The van der Waals surface area contributed by atoms with Crippen molar-refractivity contribution in [1.29, 1.82) is 0 Å². The maximum Gasteiger partial charge on any atom is 0.337 e. The molecule has 0 unspecified atom stereocenters. The molecule has 5 rings (SSSR count). The molecule has 40 heavy (non-hydrogen) atoms. The van der Waals surface area contributed by atoms with Gasteiger partial charge >= 0.3 is 5.97 Å². The van der Waals surface area contributed by atoms with Crippen molar-refractivity contribution in [2.45, 2.75) is 76.7 Å². The van der Waals surface area contributed by atoms with Crippen LogP contribution in [0.1, 0.15) is 81.8 Å². The second-order valence-electron chi connectivity index (χ2n) is 10.7. The number of Topliss-reactive ketones (excluding diaryl/α,β-unsaturated/α-hetero) is 1. The van der Waals surface area contributed by atoms with Crippen LogP contribution in [0.3, 0.4) is 0 Å². The number of dihydropyridines is 1. The molecule has 2 aromatic rings. The average molecular weight is 611 g/mol. The van der Waals surface area contributed by atoms with Gasteiger partial charge in [0.1, 0.15) is 11.9 Å². The third-order valence-corrected chi connectivity index (χ3v) is 8.75. The summed E-state index contributed by atoms with van der Waals surface area (Å²) < 4.78 is 17.5. The zero-order chi connectivity index (χ0) is 28.4. The molecule has 2 aliphatic carbocycles. The first-order chi connectivity index (χ1) is 19.3. The summed E-state index contributed by atoms with van der Waals surface area (Å²) in [5, 5.41) is 14.0. The number of carbonyl (C=O) groups excluding carboxylic acids is 2. The lowest BCUT2D eigenvalue weighted by Gasteiger charge is -2.37. The number of phenolic OH excluding ortho intramolecular Hbond substituents is 1. The second kappa shape index (κ2) is 12.1. The van der Waals surface area contributed by atoms with E-state index in [9.17, 15) is 14.7 Å². The van der Waals surface area contributed by atoms with Gasteiger partial charge in [0.2, 0.25) is 0 Å². The largest absolute Gasteiger partial charge is 0.503 e. The minimum atomic E-state index is -0.646. The van der Waals surface area contributed by atoms with E-state index in [0.29, 0.717) is 52.1 Å². The number of ether oxygens (including phenoxy) is 3. The number of aromatic hydroxyl groups is 1. The van der Waals surface area contributed by atoms with E-state index in [1.54, 1.807) is 19.2 Å². The number of halogens is 1. The fourth-order valence-electron chi connectivity index (χ4n) is 6.18. The van der Waals surface area contributed by atoms with Gasteiger partial charge in [0.05, 0.1) is 23.8 Å². The molecule has 1 saturated carbocycles. The van der Waals surface area contributed by atoms with Crippen LogP contribution in [0, 0.1) is 0 Å². The van der Waals surface area contributed by atoms with Gasteiger partial charge in [-0.1, -0.05) is 18.6 Å². The molecule has 1 aliphatic heterocycles. The van der Waals surface area contributed by atoms with Crippen LogP contribution in [0.2, 0.25) is 0 Å². The SMILES string of the molecule is CCOc1cc([C@@H]2C(C(=O)OC3CCCCC3)=C(C)NC3=C2C(=O)C[C@@H](c2ccc(OC)cc2)C3)cc(Br)c1O. The number of benzene rings is 2. The first kappa shape index (κ1) is 28.3. The second-order valence-corrected chi connectivity index (χ2v) is 11.6. The number of methoxy groups -OCH3 is 1. The summed E-state index contributed by atoms with van der Waals surface area (Å²) in [6, 6.07) is 11.3. The molecule has 212 valence electrons. The summed E-state index contributed by atoms with van der Waals surface area (Å²) in [6.45, 7) is 4.07. The Kier molecular flexibility index (Phi) is 8.54. The van der Waals surface area contributed by atoms with E-state index in [-0.39, 0.29) is 23.6 Å². The van der Waals surface area contributed by atoms with Gasteiger partial charge in [-0.3, -0.25) is 4.79 Å². The van der Waals surface area contributed by atoms with E-state index < -0.39 is 11.9 Å². The molecule has 2 atom stereocenters. The highest BCUT2D eigenvalue weighted by molar-refractivity contribution is 9.10. The molecular weight excluding hydrogens is 574 g/mol. The van der Waals surface area contributed by atoms with E-state index in [1.165, 1.54) is 0 Å². The van der Waals surface area contributed by atoms with Crippen molar-refractivity contribution in [2.24, 2.45) is 0 Å². The minimum Gasteiger partial charge on any atom is -0.503 e. The maximum absolute atomic E-state index is 14.0. The van der Waals surface area contributed by atoms with E-state index in [1.807, 2.05) is 38.1 Å². The van der Waals surface area contributed by atoms with Crippen LogP contribution in [0.4, 0.5) is 0 Å². The first-order valence-electron chi connectivity index (χ1n) is 14.0. The Morgan fingerprint density at radius 3 is 2.48 bits per heavy atom. The standard InChI is InChI=1S/C32H36BrNO6/c1-4-39-27-17-21(14-24(33)31(27)36)29-28(32(37)40-23-8-6-5-7-9-23)18(2)34-25-15-20(16-26(35)30(25)29)19-10-12-22(38-3)13-11-19/h10-14,17,20,23,29,34,36H,4-9,15-16H2,1-3H3/t20-,29+/m0/s1. The number of ketones is 1. The maximum atomic E-state index is 14.0. The fourth-order valence-corrected chi connectivity index (χ4v) is 6.64. The third-order valence-electron chi connectivity index (χ3n) is 8.14. The summed E-state index contributed by atoms with van der Waals surface area (Å²) >= 11 is 3.45. The number of phenols is 1. The topological polar surface area (TPSA) is 94.1 Å². The predicted octanol–water partition coefficient (Wildman–Crippen LogP) is 6.80. The van der Waals surface area contributed by atoms with E-state index in [2.05, 4.69) is 21.2 Å². The van der Waals surface area contributed by atoms with Crippen LogP contribution < -0.4 is 14.8 Å². The molecule has 0 radical (unpaired) electrons. The summed E-state index contributed by atoms with van der Waals surface area (Å²) in [5.41, 5.74) is 4.25. The van der Waals surface area contributed by atoms with Gasteiger partial charge in [-0.15, -0.1) is 0 Å². The number of hydrogen-bond acceptors (Lipinski definition) is 7. The van der Waals surface area contributed by atoms with Crippen LogP contribution in [0.25, 0.3) is 0 Å². The number of carbonyl (C=O) groups is 2. The molecule has 0 saturated heterocycles. The Morgan fingerprint density at radius 2 is 1.80 bits per heavy atom. The molecule has 0 amide bonds. The Hall–Kier alpha value is -3.26. The molecule has 0 bridgehead atoms. The van der Waals surface area contributed by atoms with Gasteiger partial charge < -0.3 is 24.6 Å². The summed E-state index contributed by atoms with van der Waals surface area (Å²) in [7, 11) is 1.63. The lowest BCUT2D eigenvalue weighted by molar-refractivity contribution is -0.146. The Bertz CT molecular complexity index is 1360. The molecular formula is C32H36BrNO6. The summed E-state index contributed by atoms with van der Waals surface area (Å²) in [5.74, 6) is -0.0190. The van der Waals surface area contributed by atoms with Crippen LogP contribution >= 0.6 is 15.9 Å². The molecule has 8 heteroatoms. The lowest BCUT2D eigenvalue weighted by atomic mass is 9.71. The van der Waals surface area contributed by atoms with Crippen molar-refractivity contribution in [1.82, 2.24) is 5.32 Å². The van der Waals surface area contributed by atoms with Crippen molar-refractivity contribution in [3.63, 3.8) is 0 Å². The number of esters is 1. The highest BCUT2D eigenvalue weighted by Gasteiger charge is 2.42. The fraction of sp³-hybridized carbons (Fsp3) is 0.438. The quantitative estimate of drug-likeness (QED) is 0.333. The summed E-state index contributed by atoms with van der Waals surface area (Å²) in [4.78, 5) is 27.7. The predicted molar refractivity (Wildman–Crippen MR) is 156 cm³/mol. The van der Waals surface area contributed by atoms with E-state index in [4.69, 9.17) is 14.2 Å². The number of nitrogens with one attached hydrogen (secondary N) is 1. The van der Waals surface area contributed by atoms with Crippen molar-refractivity contribution in [3.8, 4) is 17.2 Å².